The van der Waals surface area contributed by atoms with Crippen molar-refractivity contribution < 1.29 is 62.5 Å². The molecule has 3 nitrogen and oxygen atoms in total. The summed E-state index contributed by atoms with van der Waals surface area (Å²) in [6.07, 6.45) is 0. The Kier molecular flexibility index (Phi) is 7.32. The van der Waals surface area contributed by atoms with Crippen LogP contribution >= 0.6 is 0 Å². The second-order valence-corrected chi connectivity index (χ2v) is 6.94. The van der Waals surface area contributed by atoms with Gasteiger partial charge in [-0.05, 0) is 0 Å². The van der Waals surface area contributed by atoms with Crippen molar-refractivity contribution in [3.05, 3.63) is 70.1 Å². The van der Waals surface area contributed by atoms with E-state index in [-0.39, 0.29) is 6.07 Å². The largest absolute Gasteiger partial charge is 0.491 e. The Balaban J connectivity index is 2.67. The molecule has 36 heavy (non-hydrogen) atoms. The molecule has 0 aliphatic rings. The number of ether oxygens (including phenoxy) is 3. The summed E-state index contributed by atoms with van der Waals surface area (Å²) in [6, 6.07) is -0.135. The third-order valence-corrected chi connectivity index (χ3v) is 5.16. The van der Waals surface area contributed by atoms with E-state index in [1.54, 1.807) is 0 Å². The maximum Gasteiger partial charge on any atom is 0.265 e. The summed E-state index contributed by atoms with van der Waals surface area (Å²) in [5.41, 5.74) is -5.84. The Morgan fingerprint density at radius 1 is 0.417 bits per heavy atom. The van der Waals surface area contributed by atoms with Crippen LogP contribution in [0.4, 0.5) is 48.3 Å². The van der Waals surface area contributed by atoms with E-state index in [1.165, 1.54) is 0 Å². The van der Waals surface area contributed by atoms with Gasteiger partial charge in [-0.1, -0.05) is 0 Å². The van der Waals surface area contributed by atoms with E-state index in [0.29, 0.717) is 21.3 Å². The van der Waals surface area contributed by atoms with Crippen molar-refractivity contribution in [1.82, 2.24) is 0 Å². The summed E-state index contributed by atoms with van der Waals surface area (Å²) in [4.78, 5) is 0. The first-order chi connectivity index (χ1) is 16.8. The summed E-state index contributed by atoms with van der Waals surface area (Å²) in [6.45, 7) is -3.23. The van der Waals surface area contributed by atoms with Crippen molar-refractivity contribution in [2.24, 2.45) is 0 Å². The van der Waals surface area contributed by atoms with Crippen molar-refractivity contribution in [2.75, 3.05) is 21.3 Å². The topological polar surface area (TPSA) is 27.7 Å². The molecule has 0 saturated carbocycles. The lowest BCUT2D eigenvalue weighted by molar-refractivity contribution is 0.337. The van der Waals surface area contributed by atoms with Crippen molar-refractivity contribution in [3.8, 4) is 17.2 Å². The van der Waals surface area contributed by atoms with Gasteiger partial charge in [-0.15, -0.1) is 0 Å². The first kappa shape index (κ1) is 27.0. The molecule has 0 N–H and O–H groups in total. The van der Waals surface area contributed by atoms with Crippen LogP contribution in [0, 0.1) is 64.0 Å². The van der Waals surface area contributed by atoms with E-state index >= 15 is 13.2 Å². The fourth-order valence-electron chi connectivity index (χ4n) is 3.60. The number of benzene rings is 3. The van der Waals surface area contributed by atoms with Crippen LogP contribution < -0.4 is 30.6 Å². The molecule has 192 valence electrons. The maximum absolute atomic E-state index is 15.2. The van der Waals surface area contributed by atoms with Gasteiger partial charge >= 0.3 is 0 Å². The van der Waals surface area contributed by atoms with Gasteiger partial charge in [0.05, 0.1) is 21.3 Å². The molecule has 0 heterocycles. The van der Waals surface area contributed by atoms with Gasteiger partial charge < -0.3 is 14.2 Å². The molecule has 3 aromatic carbocycles. The first-order valence-electron chi connectivity index (χ1n) is 9.36. The number of hydrogen-bond acceptors (Lipinski definition) is 3. The fraction of sp³-hybridized carbons (Fsp3) is 0.143. The first-order valence-corrected chi connectivity index (χ1v) is 9.36. The Bertz CT molecular complexity index is 1310. The molecule has 0 bridgehead atoms. The van der Waals surface area contributed by atoms with Crippen LogP contribution in [-0.2, 0) is 0 Å². The van der Waals surface area contributed by atoms with Crippen LogP contribution in [0.25, 0.3) is 0 Å². The average Bonchev–Trinajstić information content (AvgIpc) is 2.82. The predicted molar refractivity (Wildman–Crippen MR) is 103 cm³/mol. The zero-order valence-corrected chi connectivity index (χ0v) is 18.0. The second kappa shape index (κ2) is 9.78. The molecule has 0 aliphatic carbocycles. The molecule has 0 radical (unpaired) electrons. The minimum atomic E-state index is -3.23. The molecular weight excluding hydrogens is 520 g/mol. The van der Waals surface area contributed by atoms with E-state index in [4.69, 9.17) is 0 Å². The van der Waals surface area contributed by atoms with Gasteiger partial charge in [-0.25, -0.2) is 39.5 Å². The van der Waals surface area contributed by atoms with Crippen LogP contribution in [0.5, 0.6) is 17.2 Å². The minimum absolute atomic E-state index is 0.135. The summed E-state index contributed by atoms with van der Waals surface area (Å²) in [5, 5.41) is 0. The van der Waals surface area contributed by atoms with Gasteiger partial charge in [0.25, 0.3) is 6.71 Å². The normalized spacial score (nSPS) is 11.1. The molecule has 0 aromatic heterocycles. The maximum atomic E-state index is 15.2. The molecule has 0 fully saturated rings. The van der Waals surface area contributed by atoms with E-state index in [9.17, 15) is 35.1 Å². The van der Waals surface area contributed by atoms with E-state index in [0.717, 1.165) is 0 Å². The second-order valence-electron chi connectivity index (χ2n) is 6.94. The fourth-order valence-corrected chi connectivity index (χ4v) is 3.60. The van der Waals surface area contributed by atoms with Crippen molar-refractivity contribution in [2.45, 2.75) is 0 Å². The molecule has 0 spiro atoms. The minimum Gasteiger partial charge on any atom is -0.491 e. The lowest BCUT2D eigenvalue weighted by atomic mass is 9.36. The predicted octanol–water partition coefficient (Wildman–Crippen LogP) is 3.76. The molecular formula is C21H10BF11O3. The highest BCUT2D eigenvalue weighted by molar-refractivity contribution is 6.96. The smallest absolute Gasteiger partial charge is 0.265 e. The number of rotatable bonds is 6. The van der Waals surface area contributed by atoms with Crippen LogP contribution in [0.3, 0.4) is 0 Å². The monoisotopic (exact) mass is 530 g/mol. The summed E-state index contributed by atoms with van der Waals surface area (Å²) in [7, 11) is 1.77. The highest BCUT2D eigenvalue weighted by Crippen LogP contribution is 2.29. The number of hydrogen-bond donors (Lipinski definition) is 0. The third kappa shape index (κ3) is 3.86. The SMILES string of the molecule is COc1c(F)cc(F)c(B(c2c(F)c(F)c(F)c(OC)c2F)c2c(F)c(F)c(F)c(OC)c2F)c1F. The molecule has 0 atom stereocenters. The van der Waals surface area contributed by atoms with E-state index in [1.807, 2.05) is 0 Å². The Labute approximate surface area is 195 Å². The Hall–Kier alpha value is -3.65. The molecule has 15 heteroatoms. The van der Waals surface area contributed by atoms with Crippen molar-refractivity contribution in [3.63, 3.8) is 0 Å². The summed E-state index contributed by atoms with van der Waals surface area (Å²) in [5.74, 6) is -30.2. The quantitative estimate of drug-likeness (QED) is 0.211. The molecule has 0 unspecified atom stereocenters. The van der Waals surface area contributed by atoms with Gasteiger partial charge in [0.2, 0.25) is 11.6 Å². The van der Waals surface area contributed by atoms with Crippen LogP contribution in [0.2, 0.25) is 0 Å². The summed E-state index contributed by atoms with van der Waals surface area (Å²) < 4.78 is 174. The standard InChI is InChI=1S/C21H10BF11O3/c1-34-19-6(24)4-5(23)7(12(19)27)22(8-10(25)15(30)17(32)20(35-2)13(8)28)9-11(26)16(31)18(33)21(36-3)14(9)29/h4H,1-3H3. The highest BCUT2D eigenvalue weighted by atomic mass is 19.2. The third-order valence-electron chi connectivity index (χ3n) is 5.16. The number of halogens is 11. The van der Waals surface area contributed by atoms with Gasteiger partial charge in [0, 0.05) is 22.5 Å². The Morgan fingerprint density at radius 2 is 0.778 bits per heavy atom. The van der Waals surface area contributed by atoms with E-state index < -0.39 is 104 Å². The lowest BCUT2D eigenvalue weighted by Gasteiger charge is -2.22. The zero-order chi connectivity index (χ0) is 27.2. The summed E-state index contributed by atoms with van der Waals surface area (Å²) >= 11 is 0. The zero-order valence-electron chi connectivity index (χ0n) is 18.0. The number of methoxy groups -OCH3 is 3. The molecule has 3 aromatic rings. The van der Waals surface area contributed by atoms with Crippen LogP contribution in [0.1, 0.15) is 0 Å². The van der Waals surface area contributed by atoms with Gasteiger partial charge in [0.1, 0.15) is 5.82 Å². The average molecular weight is 530 g/mol. The molecule has 0 saturated heterocycles. The molecule has 0 amide bonds. The van der Waals surface area contributed by atoms with E-state index in [2.05, 4.69) is 14.2 Å². The van der Waals surface area contributed by atoms with Gasteiger partial charge in [0.15, 0.2) is 63.8 Å². The van der Waals surface area contributed by atoms with Crippen molar-refractivity contribution in [1.29, 1.82) is 0 Å². The molecule has 3 rings (SSSR count). The van der Waals surface area contributed by atoms with Crippen LogP contribution in [0.15, 0.2) is 6.07 Å². The van der Waals surface area contributed by atoms with Crippen molar-refractivity contribution >= 4 is 23.1 Å². The lowest BCUT2D eigenvalue weighted by Crippen LogP contribution is -2.59. The Morgan fingerprint density at radius 3 is 1.14 bits per heavy atom. The molecule has 0 aliphatic heterocycles. The highest BCUT2D eigenvalue weighted by Gasteiger charge is 2.44. The van der Waals surface area contributed by atoms with Gasteiger partial charge in [-0.2, -0.15) is 8.78 Å². The van der Waals surface area contributed by atoms with Crippen LogP contribution in [-0.4, -0.2) is 28.0 Å². The van der Waals surface area contributed by atoms with Gasteiger partial charge in [-0.3, -0.25) is 0 Å².